The summed E-state index contributed by atoms with van der Waals surface area (Å²) in [5, 5.41) is 0. The lowest BCUT2D eigenvalue weighted by molar-refractivity contribution is -0.132. The zero-order chi connectivity index (χ0) is 21.5. The molecule has 0 bridgehead atoms. The molecule has 6 nitrogen and oxygen atoms in total. The van der Waals surface area contributed by atoms with Crippen LogP contribution >= 0.6 is 0 Å². The van der Waals surface area contributed by atoms with Crippen molar-refractivity contribution in [1.29, 1.82) is 0 Å². The molecule has 4 rings (SSSR count). The lowest BCUT2D eigenvalue weighted by Gasteiger charge is -2.36. The Labute approximate surface area is 177 Å². The number of fused-ring (bicyclic) bond motifs is 2. The van der Waals surface area contributed by atoms with Gasteiger partial charge in [-0.3, -0.25) is 9.69 Å². The third-order valence-electron chi connectivity index (χ3n) is 5.76. The van der Waals surface area contributed by atoms with Crippen LogP contribution in [0.3, 0.4) is 0 Å². The minimum absolute atomic E-state index is 0.123. The lowest BCUT2D eigenvalue weighted by Crippen LogP contribution is -2.46. The number of carbonyl (C=O) groups excluding carboxylic acids is 1. The number of hydrogen-bond donors (Lipinski definition) is 1. The molecule has 1 spiro atoms. The average Bonchev–Trinajstić information content (AvgIpc) is 2.91. The molecule has 6 heteroatoms. The summed E-state index contributed by atoms with van der Waals surface area (Å²) in [6, 6.07) is 12.4. The summed E-state index contributed by atoms with van der Waals surface area (Å²) in [6.45, 7) is 7.31. The van der Waals surface area contributed by atoms with E-state index >= 15 is 0 Å². The van der Waals surface area contributed by atoms with Gasteiger partial charge in [-0.1, -0.05) is 42.3 Å². The van der Waals surface area contributed by atoms with E-state index in [0.29, 0.717) is 25.4 Å². The molecule has 2 heterocycles. The van der Waals surface area contributed by atoms with Gasteiger partial charge in [-0.15, -0.1) is 0 Å². The maximum absolute atomic E-state index is 13.3. The molecule has 0 saturated heterocycles. The van der Waals surface area contributed by atoms with E-state index in [0.717, 1.165) is 23.1 Å². The molecule has 0 aliphatic carbocycles. The Morgan fingerprint density at radius 2 is 1.93 bits per heavy atom. The summed E-state index contributed by atoms with van der Waals surface area (Å²) in [7, 11) is 1.67. The van der Waals surface area contributed by atoms with Crippen LogP contribution in [-0.4, -0.2) is 43.1 Å². The van der Waals surface area contributed by atoms with Crippen molar-refractivity contribution in [3.8, 4) is 16.9 Å². The lowest BCUT2D eigenvalue weighted by atomic mass is 9.80. The standard InChI is InChI=1S/C24H29N3O3/c1-5-8-29-14-19-13-24(22(28)27(4)23(25)26-24)20-12-17(6-7-21(20)30-19)18-10-15(2)9-16(3)11-18/h6-7,9-12,19H,5,8,13-14H2,1-4H3,(H2,25,26). The van der Waals surface area contributed by atoms with E-state index in [1.54, 1.807) is 7.05 Å². The number of aliphatic imine (C=N–C) groups is 1. The Balaban J connectivity index is 1.80. The second-order valence-electron chi connectivity index (χ2n) is 8.30. The van der Waals surface area contributed by atoms with Crippen molar-refractivity contribution in [1.82, 2.24) is 4.90 Å². The van der Waals surface area contributed by atoms with Crippen LogP contribution in [0.4, 0.5) is 0 Å². The number of likely N-dealkylation sites (N-methyl/N-ethyl adjacent to an activating group) is 1. The van der Waals surface area contributed by atoms with E-state index in [1.165, 1.54) is 16.0 Å². The van der Waals surface area contributed by atoms with Crippen molar-refractivity contribution in [2.45, 2.75) is 45.3 Å². The van der Waals surface area contributed by atoms with Crippen molar-refractivity contribution in [3.05, 3.63) is 53.1 Å². The van der Waals surface area contributed by atoms with E-state index in [1.807, 2.05) is 18.2 Å². The highest BCUT2D eigenvalue weighted by Crippen LogP contribution is 2.47. The number of amides is 1. The first-order chi connectivity index (χ1) is 14.3. The van der Waals surface area contributed by atoms with E-state index in [4.69, 9.17) is 15.2 Å². The fourth-order valence-electron chi connectivity index (χ4n) is 4.40. The Morgan fingerprint density at radius 1 is 1.20 bits per heavy atom. The predicted octanol–water partition coefficient (Wildman–Crippen LogP) is 3.53. The maximum atomic E-state index is 13.3. The molecular weight excluding hydrogens is 378 g/mol. The van der Waals surface area contributed by atoms with Crippen LogP contribution < -0.4 is 10.5 Å². The Kier molecular flexibility index (Phi) is 5.28. The molecule has 2 atom stereocenters. The molecule has 2 aliphatic rings. The van der Waals surface area contributed by atoms with Gasteiger partial charge in [0.25, 0.3) is 5.91 Å². The van der Waals surface area contributed by atoms with Gasteiger partial charge in [0, 0.05) is 25.6 Å². The number of carbonyl (C=O) groups is 1. The minimum Gasteiger partial charge on any atom is -0.488 e. The first-order valence-corrected chi connectivity index (χ1v) is 10.4. The Hall–Kier alpha value is -2.86. The topological polar surface area (TPSA) is 77.2 Å². The molecule has 0 radical (unpaired) electrons. The Bertz CT molecular complexity index is 997. The third-order valence-corrected chi connectivity index (χ3v) is 5.76. The van der Waals surface area contributed by atoms with Gasteiger partial charge < -0.3 is 15.2 Å². The highest BCUT2D eigenvalue weighted by atomic mass is 16.5. The summed E-state index contributed by atoms with van der Waals surface area (Å²) in [6.07, 6.45) is 1.08. The summed E-state index contributed by atoms with van der Waals surface area (Å²) < 4.78 is 11.9. The second kappa shape index (κ2) is 7.76. The Morgan fingerprint density at radius 3 is 2.57 bits per heavy atom. The number of ether oxygens (including phenoxy) is 2. The number of hydrogen-bond acceptors (Lipinski definition) is 5. The van der Waals surface area contributed by atoms with Crippen LogP contribution in [0, 0.1) is 13.8 Å². The van der Waals surface area contributed by atoms with Crippen molar-refractivity contribution in [3.63, 3.8) is 0 Å². The van der Waals surface area contributed by atoms with Gasteiger partial charge in [-0.25, -0.2) is 4.99 Å². The number of benzene rings is 2. The van der Waals surface area contributed by atoms with Gasteiger partial charge in [0.05, 0.1) is 6.61 Å². The smallest absolute Gasteiger partial charge is 0.261 e. The summed E-state index contributed by atoms with van der Waals surface area (Å²) in [5.74, 6) is 0.778. The minimum atomic E-state index is -1.07. The maximum Gasteiger partial charge on any atom is 0.261 e. The van der Waals surface area contributed by atoms with E-state index in [-0.39, 0.29) is 18.0 Å². The van der Waals surface area contributed by atoms with Gasteiger partial charge in [0.2, 0.25) is 0 Å². The molecule has 30 heavy (non-hydrogen) atoms. The quantitative estimate of drug-likeness (QED) is 0.769. The van der Waals surface area contributed by atoms with Crippen molar-refractivity contribution in [2.75, 3.05) is 20.3 Å². The molecule has 2 aromatic rings. The van der Waals surface area contributed by atoms with Crippen LogP contribution in [0.25, 0.3) is 11.1 Å². The normalized spacial score (nSPS) is 22.8. The number of rotatable bonds is 5. The van der Waals surface area contributed by atoms with Gasteiger partial charge in [-0.2, -0.15) is 0 Å². The molecule has 2 N–H and O–H groups in total. The highest BCUT2D eigenvalue weighted by Gasteiger charge is 2.53. The van der Waals surface area contributed by atoms with Crippen molar-refractivity contribution in [2.24, 2.45) is 10.7 Å². The number of aryl methyl sites for hydroxylation is 2. The summed E-state index contributed by atoms with van der Waals surface area (Å²) in [4.78, 5) is 19.4. The van der Waals surface area contributed by atoms with Gasteiger partial charge in [0.1, 0.15) is 11.9 Å². The molecule has 2 aromatic carbocycles. The molecule has 158 valence electrons. The van der Waals surface area contributed by atoms with Crippen LogP contribution in [0.15, 0.2) is 41.4 Å². The summed E-state index contributed by atoms with van der Waals surface area (Å²) >= 11 is 0. The van der Waals surface area contributed by atoms with Gasteiger partial charge in [0.15, 0.2) is 11.5 Å². The molecule has 2 unspecified atom stereocenters. The highest BCUT2D eigenvalue weighted by molar-refractivity contribution is 6.07. The van der Waals surface area contributed by atoms with Crippen LogP contribution in [0.2, 0.25) is 0 Å². The monoisotopic (exact) mass is 407 g/mol. The number of guanidine groups is 1. The second-order valence-corrected chi connectivity index (χ2v) is 8.30. The predicted molar refractivity (Wildman–Crippen MR) is 118 cm³/mol. The molecule has 1 amide bonds. The van der Waals surface area contributed by atoms with Crippen LogP contribution in [-0.2, 0) is 15.1 Å². The first kappa shape index (κ1) is 20.4. The molecule has 0 fully saturated rings. The zero-order valence-electron chi connectivity index (χ0n) is 18.1. The SMILES string of the molecule is CCCOCC1CC2(N=C(N)N(C)C2=O)c2cc(-c3cc(C)cc(C)c3)ccc2O1. The fraction of sp³-hybridized carbons (Fsp3) is 0.417. The van der Waals surface area contributed by atoms with Crippen LogP contribution in [0.5, 0.6) is 5.75 Å². The molecule has 2 aliphatic heterocycles. The first-order valence-electron chi connectivity index (χ1n) is 10.4. The largest absolute Gasteiger partial charge is 0.488 e. The van der Waals surface area contributed by atoms with E-state index in [2.05, 4.69) is 44.0 Å². The molecule has 0 aromatic heterocycles. The number of nitrogens with two attached hydrogens (primary N) is 1. The van der Waals surface area contributed by atoms with Crippen molar-refractivity contribution >= 4 is 11.9 Å². The van der Waals surface area contributed by atoms with Gasteiger partial charge >= 0.3 is 0 Å². The average molecular weight is 408 g/mol. The molecular formula is C24H29N3O3. The third kappa shape index (κ3) is 3.45. The van der Waals surface area contributed by atoms with Crippen LogP contribution in [0.1, 0.15) is 36.5 Å². The fourth-order valence-corrected chi connectivity index (χ4v) is 4.40. The van der Waals surface area contributed by atoms with Crippen molar-refractivity contribution < 1.29 is 14.3 Å². The van der Waals surface area contributed by atoms with E-state index in [9.17, 15) is 4.79 Å². The zero-order valence-corrected chi connectivity index (χ0v) is 18.1. The van der Waals surface area contributed by atoms with Gasteiger partial charge in [-0.05, 0) is 43.5 Å². The van der Waals surface area contributed by atoms with E-state index < -0.39 is 5.54 Å². The summed E-state index contributed by atoms with van der Waals surface area (Å²) in [5.41, 5.74) is 10.3. The molecule has 0 saturated carbocycles. The number of nitrogens with zero attached hydrogens (tertiary/aromatic N) is 2.